The lowest BCUT2D eigenvalue weighted by Crippen LogP contribution is -2.55. The van der Waals surface area contributed by atoms with Crippen LogP contribution in [0.5, 0.6) is 0 Å². The van der Waals surface area contributed by atoms with Gasteiger partial charge in [0.25, 0.3) is 5.91 Å². The van der Waals surface area contributed by atoms with Gasteiger partial charge in [-0.3, -0.25) is 14.2 Å². The molecule has 1 saturated heterocycles. The van der Waals surface area contributed by atoms with Gasteiger partial charge in [-0.15, -0.1) is 0 Å². The molecule has 1 amide bonds. The van der Waals surface area contributed by atoms with Crippen LogP contribution in [0.15, 0.2) is 23.0 Å². The number of rotatable bonds is 3. The molecule has 4 N–H and O–H groups in total. The number of piperazine rings is 1. The molecule has 1 aliphatic carbocycles. The van der Waals surface area contributed by atoms with Gasteiger partial charge in [-0.2, -0.15) is 0 Å². The second-order valence-corrected chi connectivity index (χ2v) is 7.59. The van der Waals surface area contributed by atoms with Crippen molar-refractivity contribution in [3.63, 3.8) is 0 Å². The Morgan fingerprint density at radius 2 is 1.89 bits per heavy atom. The average Bonchev–Trinajstić information content (AvgIpc) is 3.03. The molecule has 150 valence electrons. The number of H-pyrrole nitrogens is 1. The number of carboxylic acids is 1. The third-order valence-corrected chi connectivity index (χ3v) is 5.76. The van der Waals surface area contributed by atoms with E-state index < -0.39 is 12.0 Å². The van der Waals surface area contributed by atoms with Crippen molar-refractivity contribution in [2.75, 3.05) is 19.6 Å². The van der Waals surface area contributed by atoms with Crippen LogP contribution in [0.4, 0.5) is 0 Å². The third-order valence-electron chi connectivity index (χ3n) is 5.76. The highest BCUT2D eigenvalue weighted by molar-refractivity contribution is 5.97. The molecule has 1 aromatic heterocycles. The molecule has 1 atom stereocenters. The van der Waals surface area contributed by atoms with Crippen molar-refractivity contribution in [2.45, 2.75) is 43.9 Å². The van der Waals surface area contributed by atoms with E-state index in [1.165, 1.54) is 4.90 Å². The van der Waals surface area contributed by atoms with Crippen molar-refractivity contribution < 1.29 is 19.8 Å². The molecule has 1 aromatic carbocycles. The Balaban J connectivity index is 1.59. The maximum atomic E-state index is 12.8. The number of imidazole rings is 1. The first-order valence-electron chi connectivity index (χ1n) is 9.62. The standard InChI is InChI=1S/C19H24N4O5/c24-13-4-2-12(3-5-13)23-16-6-1-11(9-14(16)21-19(23)28)17(25)22-8-7-20-15(10-22)18(26)27/h1,6,9,12-13,15,20,24H,2-5,7-8,10H2,(H,21,28)(H,26,27)/t12?,13?,15-/m1/s1. The molecule has 9 heteroatoms. The Labute approximate surface area is 161 Å². The minimum Gasteiger partial charge on any atom is -0.480 e. The van der Waals surface area contributed by atoms with Crippen molar-refractivity contribution in [3.8, 4) is 0 Å². The first-order chi connectivity index (χ1) is 13.4. The molecule has 1 aliphatic heterocycles. The minimum absolute atomic E-state index is 0.0377. The molecule has 0 bridgehead atoms. The first-order valence-corrected chi connectivity index (χ1v) is 9.62. The number of carbonyl (C=O) groups excluding carboxylic acids is 1. The zero-order chi connectivity index (χ0) is 19.8. The van der Waals surface area contributed by atoms with Crippen LogP contribution in [0.3, 0.4) is 0 Å². The summed E-state index contributed by atoms with van der Waals surface area (Å²) in [5.74, 6) is -1.23. The van der Waals surface area contributed by atoms with E-state index in [1.807, 2.05) is 0 Å². The second-order valence-electron chi connectivity index (χ2n) is 7.59. The van der Waals surface area contributed by atoms with Crippen LogP contribution < -0.4 is 11.0 Å². The first kappa shape index (κ1) is 18.7. The van der Waals surface area contributed by atoms with Gasteiger partial charge in [0.1, 0.15) is 6.04 Å². The number of hydrogen-bond acceptors (Lipinski definition) is 5. The Bertz CT molecular complexity index is 957. The third kappa shape index (κ3) is 3.43. The number of aromatic amines is 1. The number of aliphatic carboxylic acids is 1. The molecule has 0 radical (unpaired) electrons. The Kier molecular flexibility index (Phi) is 4.94. The summed E-state index contributed by atoms with van der Waals surface area (Å²) in [6.45, 7) is 0.961. The van der Waals surface area contributed by atoms with Crippen molar-refractivity contribution in [2.24, 2.45) is 0 Å². The van der Waals surface area contributed by atoms with Gasteiger partial charge >= 0.3 is 11.7 Å². The van der Waals surface area contributed by atoms with E-state index >= 15 is 0 Å². The fourth-order valence-electron chi connectivity index (χ4n) is 4.23. The fraction of sp³-hybridized carbons (Fsp3) is 0.526. The van der Waals surface area contributed by atoms with Crippen molar-refractivity contribution in [1.82, 2.24) is 19.8 Å². The van der Waals surface area contributed by atoms with Crippen LogP contribution in [0.25, 0.3) is 11.0 Å². The van der Waals surface area contributed by atoms with Gasteiger partial charge in [-0.05, 0) is 43.9 Å². The lowest BCUT2D eigenvalue weighted by Gasteiger charge is -2.31. The van der Waals surface area contributed by atoms with Gasteiger partial charge in [-0.1, -0.05) is 0 Å². The maximum absolute atomic E-state index is 12.8. The van der Waals surface area contributed by atoms with Crippen molar-refractivity contribution in [1.29, 1.82) is 0 Å². The molecule has 2 heterocycles. The highest BCUT2D eigenvalue weighted by Crippen LogP contribution is 2.30. The number of carboxylic acid groups (broad SMARTS) is 1. The highest BCUT2D eigenvalue weighted by atomic mass is 16.4. The van der Waals surface area contributed by atoms with Crippen LogP contribution in [-0.2, 0) is 4.79 Å². The second kappa shape index (κ2) is 7.40. The normalized spacial score (nSPS) is 25.8. The smallest absolute Gasteiger partial charge is 0.326 e. The van der Waals surface area contributed by atoms with Crippen molar-refractivity contribution in [3.05, 3.63) is 34.2 Å². The van der Waals surface area contributed by atoms with Gasteiger partial charge in [0.05, 0.1) is 17.1 Å². The number of aromatic nitrogens is 2. The van der Waals surface area contributed by atoms with Gasteiger partial charge in [0.2, 0.25) is 0 Å². The molecule has 0 spiro atoms. The quantitative estimate of drug-likeness (QED) is 0.599. The number of carbonyl (C=O) groups is 2. The monoisotopic (exact) mass is 388 g/mol. The molecular weight excluding hydrogens is 364 g/mol. The van der Waals surface area contributed by atoms with E-state index in [0.717, 1.165) is 18.4 Å². The highest BCUT2D eigenvalue weighted by Gasteiger charge is 2.29. The summed E-state index contributed by atoms with van der Waals surface area (Å²) >= 11 is 0. The molecule has 1 saturated carbocycles. The lowest BCUT2D eigenvalue weighted by molar-refractivity contribution is -0.140. The minimum atomic E-state index is -0.980. The van der Waals surface area contributed by atoms with E-state index in [-0.39, 0.29) is 30.3 Å². The summed E-state index contributed by atoms with van der Waals surface area (Å²) in [7, 11) is 0. The van der Waals surface area contributed by atoms with Crippen LogP contribution in [-0.4, -0.2) is 68.3 Å². The molecule has 0 unspecified atom stereocenters. The summed E-state index contributed by atoms with van der Waals surface area (Å²) in [5, 5.41) is 21.7. The van der Waals surface area contributed by atoms with Crippen LogP contribution in [0.1, 0.15) is 42.1 Å². The number of amides is 1. The Morgan fingerprint density at radius 1 is 1.14 bits per heavy atom. The zero-order valence-corrected chi connectivity index (χ0v) is 15.4. The van der Waals surface area contributed by atoms with Gasteiger partial charge in [0.15, 0.2) is 0 Å². The van der Waals surface area contributed by atoms with Crippen LogP contribution in [0.2, 0.25) is 0 Å². The van der Waals surface area contributed by atoms with E-state index in [0.29, 0.717) is 37.0 Å². The summed E-state index contributed by atoms with van der Waals surface area (Å²) in [4.78, 5) is 40.9. The van der Waals surface area contributed by atoms with Gasteiger partial charge in [-0.25, -0.2) is 4.79 Å². The zero-order valence-electron chi connectivity index (χ0n) is 15.4. The molecule has 4 rings (SSSR count). The molecule has 9 nitrogen and oxygen atoms in total. The number of benzene rings is 1. The number of nitrogens with zero attached hydrogens (tertiary/aromatic N) is 2. The average molecular weight is 388 g/mol. The topological polar surface area (TPSA) is 128 Å². The SMILES string of the molecule is O=C(O)[C@H]1CN(C(=O)c2ccc3c(c2)[nH]c(=O)n3C2CCC(O)CC2)CCN1. The Morgan fingerprint density at radius 3 is 2.61 bits per heavy atom. The predicted molar refractivity (Wildman–Crippen MR) is 101 cm³/mol. The van der Waals surface area contributed by atoms with Gasteiger partial charge in [0, 0.05) is 31.2 Å². The van der Waals surface area contributed by atoms with E-state index in [2.05, 4.69) is 10.3 Å². The predicted octanol–water partition coefficient (Wildman–Crippen LogP) is 0.304. The number of hydrogen-bond donors (Lipinski definition) is 4. The number of fused-ring (bicyclic) bond motifs is 1. The number of aliphatic hydroxyl groups excluding tert-OH is 1. The maximum Gasteiger partial charge on any atom is 0.326 e. The van der Waals surface area contributed by atoms with Crippen LogP contribution >= 0.6 is 0 Å². The Hall–Kier alpha value is -2.65. The molecule has 2 fully saturated rings. The number of nitrogens with one attached hydrogen (secondary N) is 2. The summed E-state index contributed by atoms with van der Waals surface area (Å²) in [6.07, 6.45) is 2.54. The van der Waals surface area contributed by atoms with Gasteiger partial charge < -0.3 is 25.4 Å². The summed E-state index contributed by atoms with van der Waals surface area (Å²) < 4.78 is 1.72. The van der Waals surface area contributed by atoms with E-state index in [4.69, 9.17) is 5.11 Å². The van der Waals surface area contributed by atoms with E-state index in [9.17, 15) is 19.5 Å². The fourth-order valence-corrected chi connectivity index (χ4v) is 4.23. The van der Waals surface area contributed by atoms with Crippen molar-refractivity contribution >= 4 is 22.9 Å². The lowest BCUT2D eigenvalue weighted by atomic mass is 9.93. The summed E-state index contributed by atoms with van der Waals surface area (Å²) in [6, 6.07) is 4.37. The molecule has 28 heavy (non-hydrogen) atoms. The summed E-state index contributed by atoms with van der Waals surface area (Å²) in [5.41, 5.74) is 1.54. The van der Waals surface area contributed by atoms with E-state index in [1.54, 1.807) is 22.8 Å². The van der Waals surface area contributed by atoms with Crippen LogP contribution in [0, 0.1) is 0 Å². The molecule has 2 aromatic rings. The molecule has 2 aliphatic rings. The largest absolute Gasteiger partial charge is 0.480 e. The number of aliphatic hydroxyl groups is 1. The molecular formula is C19H24N4O5.